The number of thiazole rings is 1. The molecule has 0 aliphatic rings. The predicted octanol–water partition coefficient (Wildman–Crippen LogP) is 5.21. The zero-order valence-corrected chi connectivity index (χ0v) is 13.3. The molecule has 3 aromatic carbocycles. The number of aromatic nitrogens is 1. The molecule has 0 saturated heterocycles. The van der Waals surface area contributed by atoms with Gasteiger partial charge in [0.15, 0.2) is 0 Å². The van der Waals surface area contributed by atoms with E-state index >= 15 is 0 Å². The van der Waals surface area contributed by atoms with Gasteiger partial charge in [-0.3, -0.25) is 4.99 Å². The van der Waals surface area contributed by atoms with Crippen LogP contribution in [0.5, 0.6) is 5.75 Å². The first kappa shape index (κ1) is 13.9. The summed E-state index contributed by atoms with van der Waals surface area (Å²) < 4.78 is 1.12. The van der Waals surface area contributed by atoms with Gasteiger partial charge in [0.25, 0.3) is 0 Å². The van der Waals surface area contributed by atoms with Crippen LogP contribution < -0.4 is 0 Å². The van der Waals surface area contributed by atoms with Crippen molar-refractivity contribution in [3.8, 4) is 5.75 Å². The number of aliphatic imine (C=N–C) groups is 1. The molecule has 1 N–H and O–H groups in total. The van der Waals surface area contributed by atoms with E-state index in [1.165, 1.54) is 0 Å². The van der Waals surface area contributed by atoms with Crippen LogP contribution in [0, 0.1) is 6.92 Å². The minimum atomic E-state index is 0.238. The fraction of sp³-hybridized carbons (Fsp3) is 0.0526. The van der Waals surface area contributed by atoms with E-state index in [-0.39, 0.29) is 5.75 Å². The van der Waals surface area contributed by atoms with Crippen molar-refractivity contribution in [3.63, 3.8) is 0 Å². The van der Waals surface area contributed by atoms with Crippen molar-refractivity contribution in [3.05, 3.63) is 65.2 Å². The Balaban J connectivity index is 1.79. The Morgan fingerprint density at radius 1 is 1.09 bits per heavy atom. The Morgan fingerprint density at radius 3 is 2.87 bits per heavy atom. The van der Waals surface area contributed by atoms with Crippen molar-refractivity contribution >= 4 is 44.2 Å². The van der Waals surface area contributed by atoms with E-state index in [1.807, 2.05) is 55.5 Å². The molecule has 1 aromatic heterocycles. The number of benzene rings is 3. The topological polar surface area (TPSA) is 45.5 Å². The summed E-state index contributed by atoms with van der Waals surface area (Å²) in [6.45, 7) is 2.00. The second-order valence-corrected chi connectivity index (χ2v) is 6.60. The summed E-state index contributed by atoms with van der Waals surface area (Å²) >= 11 is 1.66. The smallest absolute Gasteiger partial charge is 0.124 e. The number of aryl methyl sites for hydroxylation is 1. The lowest BCUT2D eigenvalue weighted by Gasteiger charge is -2.04. The number of phenols is 1. The van der Waals surface area contributed by atoms with Crippen LogP contribution in [0.2, 0.25) is 0 Å². The zero-order valence-electron chi connectivity index (χ0n) is 12.5. The fourth-order valence-electron chi connectivity index (χ4n) is 2.67. The van der Waals surface area contributed by atoms with Crippen molar-refractivity contribution in [1.29, 1.82) is 0 Å². The second-order valence-electron chi connectivity index (χ2n) is 5.36. The average molecular weight is 318 g/mol. The quantitative estimate of drug-likeness (QED) is 0.515. The summed E-state index contributed by atoms with van der Waals surface area (Å²) in [5.41, 5.74) is 2.59. The molecule has 4 rings (SSSR count). The van der Waals surface area contributed by atoms with E-state index < -0.39 is 0 Å². The normalized spacial score (nSPS) is 11.7. The van der Waals surface area contributed by atoms with Crippen LogP contribution in [0.15, 0.2) is 59.6 Å². The molecule has 23 heavy (non-hydrogen) atoms. The number of hydrogen-bond acceptors (Lipinski definition) is 4. The van der Waals surface area contributed by atoms with E-state index in [0.29, 0.717) is 0 Å². The Morgan fingerprint density at radius 2 is 1.96 bits per heavy atom. The first-order chi connectivity index (χ1) is 11.2. The molecule has 0 spiro atoms. The zero-order chi connectivity index (χ0) is 15.8. The minimum Gasteiger partial charge on any atom is -0.507 e. The number of phenolic OH excluding ortho intramolecular Hbond substituents is 1. The second kappa shape index (κ2) is 5.48. The molecule has 1 heterocycles. The highest BCUT2D eigenvalue weighted by molar-refractivity contribution is 7.18. The van der Waals surface area contributed by atoms with Crippen molar-refractivity contribution in [2.45, 2.75) is 6.92 Å². The molecule has 0 amide bonds. The molecule has 4 heteroatoms. The molecular weight excluding hydrogens is 304 g/mol. The van der Waals surface area contributed by atoms with Gasteiger partial charge in [-0.25, -0.2) is 4.98 Å². The van der Waals surface area contributed by atoms with Crippen LogP contribution in [-0.4, -0.2) is 16.3 Å². The van der Waals surface area contributed by atoms with Crippen LogP contribution in [0.25, 0.3) is 21.0 Å². The van der Waals surface area contributed by atoms with Gasteiger partial charge in [0.05, 0.1) is 20.9 Å². The van der Waals surface area contributed by atoms with Crippen LogP contribution in [0.3, 0.4) is 0 Å². The Kier molecular flexibility index (Phi) is 3.32. The standard InChI is InChI=1S/C19H14N2OS/c1-12-21-17-8-7-14(10-19(17)23-12)20-11-16-15-5-3-2-4-13(15)6-9-18(16)22/h2-11,22H,1H3. The van der Waals surface area contributed by atoms with Gasteiger partial charge in [0.1, 0.15) is 5.75 Å². The summed E-state index contributed by atoms with van der Waals surface area (Å²) in [5, 5.41) is 13.3. The highest BCUT2D eigenvalue weighted by Gasteiger charge is 2.05. The Labute approximate surface area is 137 Å². The SMILES string of the molecule is Cc1nc2ccc(N=Cc3c(O)ccc4ccccc34)cc2s1. The monoisotopic (exact) mass is 318 g/mol. The maximum Gasteiger partial charge on any atom is 0.124 e. The average Bonchev–Trinajstić information content (AvgIpc) is 2.93. The summed E-state index contributed by atoms with van der Waals surface area (Å²) in [6.07, 6.45) is 1.73. The maximum absolute atomic E-state index is 10.2. The van der Waals surface area contributed by atoms with E-state index in [2.05, 4.69) is 9.98 Å². The highest BCUT2D eigenvalue weighted by atomic mass is 32.1. The first-order valence-electron chi connectivity index (χ1n) is 7.33. The summed E-state index contributed by atoms with van der Waals surface area (Å²) in [4.78, 5) is 8.99. The van der Waals surface area contributed by atoms with Crippen LogP contribution in [-0.2, 0) is 0 Å². The minimum absolute atomic E-state index is 0.238. The largest absolute Gasteiger partial charge is 0.507 e. The molecular formula is C19H14N2OS. The van der Waals surface area contributed by atoms with Gasteiger partial charge in [0.2, 0.25) is 0 Å². The molecule has 0 saturated carbocycles. The summed E-state index contributed by atoms with van der Waals surface area (Å²) in [6, 6.07) is 17.5. The molecule has 0 aliphatic carbocycles. The summed E-state index contributed by atoms with van der Waals surface area (Å²) in [7, 11) is 0. The van der Waals surface area contributed by atoms with E-state index in [1.54, 1.807) is 23.6 Å². The van der Waals surface area contributed by atoms with E-state index in [0.717, 1.165) is 37.2 Å². The molecule has 0 fully saturated rings. The number of aromatic hydroxyl groups is 1. The number of fused-ring (bicyclic) bond motifs is 2. The molecule has 3 nitrogen and oxygen atoms in total. The van der Waals surface area contributed by atoms with Gasteiger partial charge in [-0.15, -0.1) is 11.3 Å². The number of nitrogens with zero attached hydrogens (tertiary/aromatic N) is 2. The molecule has 0 radical (unpaired) electrons. The van der Waals surface area contributed by atoms with Gasteiger partial charge < -0.3 is 5.11 Å². The summed E-state index contributed by atoms with van der Waals surface area (Å²) in [5.74, 6) is 0.238. The van der Waals surface area contributed by atoms with Crippen molar-refractivity contribution in [1.82, 2.24) is 4.98 Å². The fourth-order valence-corrected chi connectivity index (χ4v) is 3.53. The Bertz CT molecular complexity index is 1050. The number of rotatable bonds is 2. The third-order valence-electron chi connectivity index (χ3n) is 3.77. The van der Waals surface area contributed by atoms with Crippen molar-refractivity contribution < 1.29 is 5.11 Å². The van der Waals surface area contributed by atoms with Crippen LogP contribution in [0.4, 0.5) is 5.69 Å². The molecule has 0 atom stereocenters. The van der Waals surface area contributed by atoms with Gasteiger partial charge >= 0.3 is 0 Å². The first-order valence-corrected chi connectivity index (χ1v) is 8.14. The molecule has 112 valence electrons. The molecule has 4 aromatic rings. The van der Waals surface area contributed by atoms with Crippen molar-refractivity contribution in [2.75, 3.05) is 0 Å². The van der Waals surface area contributed by atoms with Gasteiger partial charge in [-0.1, -0.05) is 30.3 Å². The highest BCUT2D eigenvalue weighted by Crippen LogP contribution is 2.28. The van der Waals surface area contributed by atoms with Crippen LogP contribution >= 0.6 is 11.3 Å². The van der Waals surface area contributed by atoms with Crippen molar-refractivity contribution in [2.24, 2.45) is 4.99 Å². The lowest BCUT2D eigenvalue weighted by molar-refractivity contribution is 0.475. The van der Waals surface area contributed by atoms with E-state index in [9.17, 15) is 5.11 Å². The Hall–Kier alpha value is -2.72. The molecule has 0 aliphatic heterocycles. The third kappa shape index (κ3) is 2.58. The molecule has 0 bridgehead atoms. The lowest BCUT2D eigenvalue weighted by Crippen LogP contribution is -1.85. The third-order valence-corrected chi connectivity index (χ3v) is 4.70. The van der Waals surface area contributed by atoms with E-state index in [4.69, 9.17) is 0 Å². The van der Waals surface area contributed by atoms with Gasteiger partial charge in [0, 0.05) is 11.8 Å². The predicted molar refractivity (Wildman–Crippen MR) is 97.2 cm³/mol. The van der Waals surface area contributed by atoms with Gasteiger partial charge in [-0.05, 0) is 42.0 Å². The maximum atomic E-state index is 10.2. The van der Waals surface area contributed by atoms with Crippen LogP contribution in [0.1, 0.15) is 10.6 Å². The van der Waals surface area contributed by atoms with Gasteiger partial charge in [-0.2, -0.15) is 0 Å². The number of hydrogen-bond donors (Lipinski definition) is 1. The lowest BCUT2D eigenvalue weighted by atomic mass is 10.0. The molecule has 0 unspecified atom stereocenters.